The van der Waals surface area contributed by atoms with Gasteiger partial charge in [0.05, 0.1) is 11.5 Å². The van der Waals surface area contributed by atoms with Crippen LogP contribution in [0.2, 0.25) is 0 Å². The van der Waals surface area contributed by atoms with Gasteiger partial charge in [-0.3, -0.25) is 0 Å². The van der Waals surface area contributed by atoms with Crippen LogP contribution < -0.4 is 10.5 Å². The Morgan fingerprint density at radius 1 is 1.00 bits per heavy atom. The first kappa shape index (κ1) is 16.8. The number of nitrogen functional groups attached to an aromatic ring is 1. The van der Waals surface area contributed by atoms with E-state index in [0.29, 0.717) is 11.4 Å². The Bertz CT molecular complexity index is 468. The Labute approximate surface area is 122 Å². The fourth-order valence-electron chi connectivity index (χ4n) is 1.88. The zero-order valence-corrected chi connectivity index (χ0v) is 13.0. The van der Waals surface area contributed by atoms with E-state index >= 15 is 0 Å². The number of rotatable bonds is 10. The summed E-state index contributed by atoms with van der Waals surface area (Å²) < 4.78 is 29.0. The van der Waals surface area contributed by atoms with E-state index < -0.39 is 9.84 Å². The molecule has 0 saturated carbocycles. The minimum atomic E-state index is -3.00. The van der Waals surface area contributed by atoms with Gasteiger partial charge >= 0.3 is 0 Å². The van der Waals surface area contributed by atoms with Crippen molar-refractivity contribution in [3.63, 3.8) is 0 Å². The van der Waals surface area contributed by atoms with Gasteiger partial charge in [0.2, 0.25) is 0 Å². The lowest BCUT2D eigenvalue weighted by molar-refractivity contribution is 0.341. The van der Waals surface area contributed by atoms with Gasteiger partial charge in [-0.1, -0.05) is 32.6 Å². The number of nitrogens with two attached hydrogens (primary N) is 1. The summed E-state index contributed by atoms with van der Waals surface area (Å²) in [6, 6.07) is 6.95. The van der Waals surface area contributed by atoms with E-state index in [1.807, 2.05) is 0 Å². The second-order valence-corrected chi connectivity index (χ2v) is 7.29. The third-order valence-electron chi connectivity index (χ3n) is 3.10. The van der Waals surface area contributed by atoms with Gasteiger partial charge in [-0.25, -0.2) is 8.42 Å². The predicted octanol–water partition coefficient (Wildman–Crippen LogP) is 3.03. The lowest BCUT2D eigenvalue weighted by Gasteiger charge is -2.07. The number of unbranched alkanes of at least 4 members (excludes halogenated alkanes) is 4. The molecule has 1 aromatic rings. The lowest BCUT2D eigenvalue weighted by atomic mass is 10.2. The van der Waals surface area contributed by atoms with Crippen molar-refractivity contribution in [1.29, 1.82) is 0 Å². The van der Waals surface area contributed by atoms with Crippen LogP contribution in [0.3, 0.4) is 0 Å². The highest BCUT2D eigenvalue weighted by molar-refractivity contribution is 7.91. The highest BCUT2D eigenvalue weighted by Crippen LogP contribution is 2.13. The maximum atomic E-state index is 11.8. The molecule has 0 aliphatic heterocycles. The van der Waals surface area contributed by atoms with Crippen LogP contribution in [-0.2, 0) is 9.84 Å². The Kier molecular flexibility index (Phi) is 7.44. The summed E-state index contributed by atoms with van der Waals surface area (Å²) in [6.07, 6.45) is 5.21. The molecule has 114 valence electrons. The van der Waals surface area contributed by atoms with Crippen molar-refractivity contribution < 1.29 is 13.2 Å². The van der Waals surface area contributed by atoms with Crippen LogP contribution in [0.4, 0.5) is 5.69 Å². The smallest absolute Gasteiger partial charge is 0.153 e. The number of benzene rings is 1. The molecule has 20 heavy (non-hydrogen) atoms. The molecular formula is C15H25NO3S. The molecule has 0 saturated heterocycles. The monoisotopic (exact) mass is 299 g/mol. The summed E-state index contributed by atoms with van der Waals surface area (Å²) in [5.74, 6) is 0.991. The maximum absolute atomic E-state index is 11.8. The van der Waals surface area contributed by atoms with Crippen LogP contribution in [0, 0.1) is 0 Å². The summed E-state index contributed by atoms with van der Waals surface area (Å²) in [4.78, 5) is 0. The van der Waals surface area contributed by atoms with Crippen LogP contribution in [0.25, 0.3) is 0 Å². The molecule has 1 rings (SSSR count). The molecule has 0 aliphatic rings. The molecule has 0 aromatic heterocycles. The quantitative estimate of drug-likeness (QED) is 0.532. The van der Waals surface area contributed by atoms with Gasteiger partial charge in [0, 0.05) is 5.69 Å². The van der Waals surface area contributed by atoms with Gasteiger partial charge in [-0.05, 0) is 30.7 Å². The van der Waals surface area contributed by atoms with Gasteiger partial charge in [0.25, 0.3) is 0 Å². The van der Waals surface area contributed by atoms with E-state index in [0.717, 1.165) is 19.3 Å². The highest BCUT2D eigenvalue weighted by Gasteiger charge is 2.10. The molecule has 5 heteroatoms. The minimum Gasteiger partial charge on any atom is -0.493 e. The average molecular weight is 299 g/mol. The average Bonchev–Trinajstić information content (AvgIpc) is 2.40. The summed E-state index contributed by atoms with van der Waals surface area (Å²) in [5, 5.41) is 0. The topological polar surface area (TPSA) is 69.4 Å². The molecule has 0 spiro atoms. The molecule has 0 radical (unpaired) electrons. The number of anilines is 1. The Balaban J connectivity index is 2.20. The molecular weight excluding hydrogens is 274 g/mol. The van der Waals surface area contributed by atoms with E-state index in [9.17, 15) is 8.42 Å². The number of ether oxygens (including phenoxy) is 1. The Morgan fingerprint density at radius 2 is 1.65 bits per heavy atom. The van der Waals surface area contributed by atoms with Crippen LogP contribution in [0.1, 0.15) is 39.0 Å². The largest absolute Gasteiger partial charge is 0.493 e. The van der Waals surface area contributed by atoms with E-state index in [-0.39, 0.29) is 18.1 Å². The summed E-state index contributed by atoms with van der Waals surface area (Å²) in [7, 11) is -3.00. The fraction of sp³-hybridized carbons (Fsp3) is 0.600. The number of sulfone groups is 1. The van der Waals surface area contributed by atoms with Crippen molar-refractivity contribution in [2.45, 2.75) is 39.0 Å². The number of hydrogen-bond donors (Lipinski definition) is 1. The normalized spacial score (nSPS) is 11.4. The van der Waals surface area contributed by atoms with E-state index in [4.69, 9.17) is 10.5 Å². The third-order valence-corrected chi connectivity index (χ3v) is 4.80. The zero-order valence-electron chi connectivity index (χ0n) is 12.2. The van der Waals surface area contributed by atoms with Gasteiger partial charge in [-0.15, -0.1) is 0 Å². The number of hydrogen-bond acceptors (Lipinski definition) is 4. The summed E-state index contributed by atoms with van der Waals surface area (Å²) >= 11 is 0. The van der Waals surface area contributed by atoms with Crippen molar-refractivity contribution in [3.05, 3.63) is 24.3 Å². The molecule has 0 heterocycles. The first-order valence-electron chi connectivity index (χ1n) is 7.22. The van der Waals surface area contributed by atoms with Crippen LogP contribution in [0.15, 0.2) is 24.3 Å². The minimum absolute atomic E-state index is 0.0746. The van der Waals surface area contributed by atoms with E-state index in [2.05, 4.69) is 6.92 Å². The molecule has 4 nitrogen and oxygen atoms in total. The van der Waals surface area contributed by atoms with Gasteiger partial charge in [0.1, 0.15) is 12.4 Å². The first-order chi connectivity index (χ1) is 9.53. The third kappa shape index (κ3) is 7.38. The van der Waals surface area contributed by atoms with Crippen molar-refractivity contribution in [2.24, 2.45) is 0 Å². The van der Waals surface area contributed by atoms with Crippen molar-refractivity contribution in [1.82, 2.24) is 0 Å². The standard InChI is InChI=1S/C15H25NO3S/c1-2-3-4-5-6-12-20(17,18)13-11-19-15-9-7-14(16)8-10-15/h7-10H,2-6,11-13,16H2,1H3. The van der Waals surface area contributed by atoms with Crippen molar-refractivity contribution in [3.8, 4) is 5.75 Å². The van der Waals surface area contributed by atoms with E-state index in [1.54, 1.807) is 24.3 Å². The van der Waals surface area contributed by atoms with Gasteiger partial charge < -0.3 is 10.5 Å². The highest BCUT2D eigenvalue weighted by atomic mass is 32.2. The summed E-state index contributed by atoms with van der Waals surface area (Å²) in [5.41, 5.74) is 6.23. The summed E-state index contributed by atoms with van der Waals surface area (Å²) in [6.45, 7) is 2.34. The van der Waals surface area contributed by atoms with Crippen molar-refractivity contribution >= 4 is 15.5 Å². The Morgan fingerprint density at radius 3 is 2.30 bits per heavy atom. The molecule has 0 unspecified atom stereocenters. The molecule has 0 amide bonds. The Hall–Kier alpha value is -1.23. The molecule has 0 bridgehead atoms. The lowest BCUT2D eigenvalue weighted by Crippen LogP contribution is -2.17. The van der Waals surface area contributed by atoms with Gasteiger partial charge in [-0.2, -0.15) is 0 Å². The van der Waals surface area contributed by atoms with Crippen LogP contribution in [-0.4, -0.2) is 26.5 Å². The molecule has 0 aliphatic carbocycles. The van der Waals surface area contributed by atoms with Gasteiger partial charge in [0.15, 0.2) is 9.84 Å². The SMILES string of the molecule is CCCCCCCS(=O)(=O)CCOc1ccc(N)cc1. The van der Waals surface area contributed by atoms with Crippen LogP contribution in [0.5, 0.6) is 5.75 Å². The van der Waals surface area contributed by atoms with Crippen LogP contribution >= 0.6 is 0 Å². The molecule has 0 atom stereocenters. The fourth-order valence-corrected chi connectivity index (χ4v) is 3.06. The molecule has 1 aromatic carbocycles. The molecule has 0 fully saturated rings. The van der Waals surface area contributed by atoms with E-state index in [1.165, 1.54) is 12.8 Å². The first-order valence-corrected chi connectivity index (χ1v) is 9.04. The molecule has 2 N–H and O–H groups in total. The second-order valence-electron chi connectivity index (χ2n) is 4.98. The maximum Gasteiger partial charge on any atom is 0.153 e. The predicted molar refractivity (Wildman–Crippen MR) is 83.8 cm³/mol. The second kappa shape index (κ2) is 8.84. The zero-order chi connectivity index (χ0) is 14.8. The van der Waals surface area contributed by atoms with Crippen molar-refractivity contribution in [2.75, 3.05) is 23.8 Å².